The molecule has 1 amide bonds. The van der Waals surface area contributed by atoms with E-state index in [2.05, 4.69) is 12.2 Å². The summed E-state index contributed by atoms with van der Waals surface area (Å²) in [7, 11) is 3.96. The van der Waals surface area contributed by atoms with E-state index in [0.717, 1.165) is 12.1 Å². The predicted molar refractivity (Wildman–Crippen MR) is 68.0 cm³/mol. The molecule has 1 aromatic carbocycles. The van der Waals surface area contributed by atoms with Gasteiger partial charge in [0.15, 0.2) is 0 Å². The van der Waals surface area contributed by atoms with Crippen LogP contribution in [0.3, 0.4) is 0 Å². The number of rotatable bonds is 4. The molecule has 1 N–H and O–H groups in total. The lowest BCUT2D eigenvalue weighted by Crippen LogP contribution is -2.31. The van der Waals surface area contributed by atoms with Gasteiger partial charge in [-0.05, 0) is 37.6 Å². The van der Waals surface area contributed by atoms with Crippen LogP contribution in [-0.4, -0.2) is 26.0 Å². The molecule has 0 bridgehead atoms. The van der Waals surface area contributed by atoms with Gasteiger partial charge < -0.3 is 10.2 Å². The van der Waals surface area contributed by atoms with Crippen LogP contribution in [0.25, 0.3) is 0 Å². The van der Waals surface area contributed by atoms with Crippen LogP contribution in [0, 0.1) is 0 Å². The number of carbonyl (C=O) groups excluding carboxylic acids is 1. The maximum Gasteiger partial charge on any atom is 0.251 e. The van der Waals surface area contributed by atoms with Gasteiger partial charge in [0.1, 0.15) is 0 Å². The van der Waals surface area contributed by atoms with Crippen LogP contribution < -0.4 is 10.2 Å². The van der Waals surface area contributed by atoms with E-state index in [9.17, 15) is 4.79 Å². The minimum Gasteiger partial charge on any atom is -0.378 e. The van der Waals surface area contributed by atoms with Crippen molar-refractivity contribution in [2.24, 2.45) is 0 Å². The summed E-state index contributed by atoms with van der Waals surface area (Å²) in [5, 5.41) is 2.94. The third kappa shape index (κ3) is 3.26. The fourth-order valence-corrected chi connectivity index (χ4v) is 1.32. The summed E-state index contributed by atoms with van der Waals surface area (Å²) >= 11 is 0. The Morgan fingerprint density at radius 3 is 2.31 bits per heavy atom. The number of carbonyl (C=O) groups is 1. The van der Waals surface area contributed by atoms with Crippen LogP contribution in [0.15, 0.2) is 24.3 Å². The summed E-state index contributed by atoms with van der Waals surface area (Å²) in [6.45, 7) is 4.06. The smallest absolute Gasteiger partial charge is 0.251 e. The number of hydrogen-bond acceptors (Lipinski definition) is 2. The fourth-order valence-electron chi connectivity index (χ4n) is 1.32. The SMILES string of the molecule is CC[C@@H](C)NC(=O)c1ccc(N(C)C)cc1. The van der Waals surface area contributed by atoms with Crippen LogP contribution in [0.5, 0.6) is 0 Å². The maximum absolute atomic E-state index is 11.8. The first-order chi connectivity index (χ1) is 7.54. The number of anilines is 1. The molecule has 0 spiro atoms. The van der Waals surface area contributed by atoms with E-state index < -0.39 is 0 Å². The van der Waals surface area contributed by atoms with Crippen molar-refractivity contribution in [2.75, 3.05) is 19.0 Å². The molecule has 0 saturated heterocycles. The number of hydrogen-bond donors (Lipinski definition) is 1. The molecule has 3 heteroatoms. The molecule has 16 heavy (non-hydrogen) atoms. The van der Waals surface area contributed by atoms with E-state index in [1.165, 1.54) is 0 Å². The van der Waals surface area contributed by atoms with Crippen molar-refractivity contribution in [2.45, 2.75) is 26.3 Å². The first-order valence-corrected chi connectivity index (χ1v) is 5.62. The number of nitrogens with one attached hydrogen (secondary N) is 1. The zero-order chi connectivity index (χ0) is 12.1. The molecule has 88 valence electrons. The lowest BCUT2D eigenvalue weighted by Gasteiger charge is -2.14. The average molecular weight is 220 g/mol. The molecule has 0 heterocycles. The van der Waals surface area contributed by atoms with Crippen LogP contribution in [-0.2, 0) is 0 Å². The summed E-state index contributed by atoms with van der Waals surface area (Å²) in [5.41, 5.74) is 1.81. The molecule has 1 aromatic rings. The Kier molecular flexibility index (Phi) is 4.35. The van der Waals surface area contributed by atoms with Gasteiger partial charge in [0, 0.05) is 31.4 Å². The number of nitrogens with zero attached hydrogens (tertiary/aromatic N) is 1. The van der Waals surface area contributed by atoms with Crippen molar-refractivity contribution in [3.63, 3.8) is 0 Å². The van der Waals surface area contributed by atoms with Gasteiger partial charge in [-0.3, -0.25) is 4.79 Å². The Balaban J connectivity index is 2.70. The van der Waals surface area contributed by atoms with Crippen LogP contribution >= 0.6 is 0 Å². The van der Waals surface area contributed by atoms with Crippen molar-refractivity contribution in [3.8, 4) is 0 Å². The second-order valence-corrected chi connectivity index (χ2v) is 4.22. The Hall–Kier alpha value is -1.51. The highest BCUT2D eigenvalue weighted by atomic mass is 16.1. The van der Waals surface area contributed by atoms with E-state index in [1.807, 2.05) is 50.2 Å². The van der Waals surface area contributed by atoms with Crippen molar-refractivity contribution >= 4 is 11.6 Å². The average Bonchev–Trinajstić information content (AvgIpc) is 2.28. The third-order valence-electron chi connectivity index (χ3n) is 2.64. The van der Waals surface area contributed by atoms with Crippen molar-refractivity contribution < 1.29 is 4.79 Å². The molecule has 0 aliphatic rings. The quantitative estimate of drug-likeness (QED) is 0.844. The molecule has 0 fully saturated rings. The molecule has 1 atom stereocenters. The normalized spacial score (nSPS) is 12.0. The largest absolute Gasteiger partial charge is 0.378 e. The fraction of sp³-hybridized carbons (Fsp3) is 0.462. The van der Waals surface area contributed by atoms with Gasteiger partial charge in [-0.1, -0.05) is 6.92 Å². The highest BCUT2D eigenvalue weighted by Crippen LogP contribution is 2.12. The van der Waals surface area contributed by atoms with Crippen LogP contribution in [0.2, 0.25) is 0 Å². The van der Waals surface area contributed by atoms with E-state index >= 15 is 0 Å². The topological polar surface area (TPSA) is 32.3 Å². The third-order valence-corrected chi connectivity index (χ3v) is 2.64. The number of amides is 1. The summed E-state index contributed by atoms with van der Waals surface area (Å²) in [4.78, 5) is 13.8. The summed E-state index contributed by atoms with van der Waals surface area (Å²) < 4.78 is 0. The summed E-state index contributed by atoms with van der Waals surface area (Å²) in [6.07, 6.45) is 0.946. The second-order valence-electron chi connectivity index (χ2n) is 4.22. The van der Waals surface area contributed by atoms with Gasteiger partial charge in [0.05, 0.1) is 0 Å². The molecule has 0 aliphatic heterocycles. The van der Waals surface area contributed by atoms with Gasteiger partial charge in [-0.2, -0.15) is 0 Å². The Labute approximate surface area is 97.5 Å². The van der Waals surface area contributed by atoms with Gasteiger partial charge in [0.2, 0.25) is 0 Å². The molecule has 0 saturated carbocycles. The first kappa shape index (κ1) is 12.6. The summed E-state index contributed by atoms with van der Waals surface area (Å²) in [6, 6.07) is 7.83. The Morgan fingerprint density at radius 2 is 1.88 bits per heavy atom. The van der Waals surface area contributed by atoms with E-state index in [4.69, 9.17) is 0 Å². The highest BCUT2D eigenvalue weighted by molar-refractivity contribution is 5.94. The lowest BCUT2D eigenvalue weighted by atomic mass is 10.1. The number of benzene rings is 1. The monoisotopic (exact) mass is 220 g/mol. The lowest BCUT2D eigenvalue weighted by molar-refractivity contribution is 0.0939. The Morgan fingerprint density at radius 1 is 1.31 bits per heavy atom. The van der Waals surface area contributed by atoms with E-state index in [-0.39, 0.29) is 11.9 Å². The molecule has 0 aliphatic carbocycles. The predicted octanol–water partition coefficient (Wildman–Crippen LogP) is 2.28. The van der Waals surface area contributed by atoms with E-state index in [0.29, 0.717) is 5.56 Å². The molecular weight excluding hydrogens is 200 g/mol. The highest BCUT2D eigenvalue weighted by Gasteiger charge is 2.08. The summed E-state index contributed by atoms with van der Waals surface area (Å²) in [5.74, 6) is -0.000318. The minimum atomic E-state index is -0.000318. The van der Waals surface area contributed by atoms with Gasteiger partial charge in [-0.25, -0.2) is 0 Å². The van der Waals surface area contributed by atoms with Crippen molar-refractivity contribution in [1.29, 1.82) is 0 Å². The van der Waals surface area contributed by atoms with Crippen LogP contribution in [0.1, 0.15) is 30.6 Å². The molecule has 1 rings (SSSR count). The maximum atomic E-state index is 11.8. The van der Waals surface area contributed by atoms with Crippen molar-refractivity contribution in [1.82, 2.24) is 5.32 Å². The molecule has 0 aromatic heterocycles. The Bertz CT molecular complexity index is 343. The molecule has 0 radical (unpaired) electrons. The molecule has 3 nitrogen and oxygen atoms in total. The van der Waals surface area contributed by atoms with Gasteiger partial charge >= 0.3 is 0 Å². The first-order valence-electron chi connectivity index (χ1n) is 5.62. The standard InChI is InChI=1S/C13H20N2O/c1-5-10(2)14-13(16)11-6-8-12(9-7-11)15(3)4/h6-10H,5H2,1-4H3,(H,14,16)/t10-/m1/s1. The second kappa shape index (κ2) is 5.54. The zero-order valence-electron chi connectivity index (χ0n) is 10.4. The zero-order valence-corrected chi connectivity index (χ0v) is 10.4. The van der Waals surface area contributed by atoms with Crippen LogP contribution in [0.4, 0.5) is 5.69 Å². The molecular formula is C13H20N2O. The minimum absolute atomic E-state index is 0.000318. The van der Waals surface area contributed by atoms with Crippen molar-refractivity contribution in [3.05, 3.63) is 29.8 Å². The van der Waals surface area contributed by atoms with Gasteiger partial charge in [-0.15, -0.1) is 0 Å². The van der Waals surface area contributed by atoms with E-state index in [1.54, 1.807) is 0 Å². The van der Waals surface area contributed by atoms with Gasteiger partial charge in [0.25, 0.3) is 5.91 Å². The molecule has 0 unspecified atom stereocenters.